The van der Waals surface area contributed by atoms with Crippen LogP contribution in [0.2, 0.25) is 10.0 Å². The first-order valence-electron chi connectivity index (χ1n) is 8.28. The molecule has 0 aliphatic carbocycles. The van der Waals surface area contributed by atoms with Gasteiger partial charge in [0.15, 0.2) is 0 Å². The van der Waals surface area contributed by atoms with Crippen molar-refractivity contribution < 1.29 is 14.3 Å². The molecule has 0 saturated carbocycles. The average Bonchev–Trinajstić information content (AvgIpc) is 2.58. The van der Waals surface area contributed by atoms with E-state index in [0.717, 1.165) is 11.1 Å². The zero-order valence-corrected chi connectivity index (χ0v) is 16.1. The molecule has 2 aromatic carbocycles. The van der Waals surface area contributed by atoms with Gasteiger partial charge in [-0.2, -0.15) is 0 Å². The molecule has 0 heterocycles. The molecule has 2 unspecified atom stereocenters. The van der Waals surface area contributed by atoms with E-state index < -0.39 is 17.8 Å². The molecule has 136 valence electrons. The number of allylic oxidation sites excluding steroid dienone is 1. The Labute approximate surface area is 163 Å². The van der Waals surface area contributed by atoms with Gasteiger partial charge in [0.05, 0.1) is 6.61 Å². The largest absolute Gasteiger partial charge is 0.465 e. The predicted octanol–water partition coefficient (Wildman–Crippen LogP) is 5.56. The van der Waals surface area contributed by atoms with Crippen molar-refractivity contribution in [2.75, 3.05) is 6.61 Å². The Hall–Kier alpha value is -2.10. The minimum Gasteiger partial charge on any atom is -0.465 e. The van der Waals surface area contributed by atoms with Gasteiger partial charge in [-0.3, -0.25) is 9.59 Å². The van der Waals surface area contributed by atoms with Gasteiger partial charge in [0.2, 0.25) is 0 Å². The highest BCUT2D eigenvalue weighted by Crippen LogP contribution is 2.31. The second-order valence-electron chi connectivity index (χ2n) is 5.84. The Bertz CT molecular complexity index is 814. The van der Waals surface area contributed by atoms with Crippen LogP contribution in [0.5, 0.6) is 0 Å². The van der Waals surface area contributed by atoms with E-state index >= 15 is 0 Å². The highest BCUT2D eigenvalue weighted by Gasteiger charge is 2.33. The van der Waals surface area contributed by atoms with Crippen LogP contribution in [-0.2, 0) is 14.3 Å². The zero-order valence-electron chi connectivity index (χ0n) is 14.6. The molecule has 2 atom stereocenters. The average molecular weight is 391 g/mol. The summed E-state index contributed by atoms with van der Waals surface area (Å²) in [6, 6.07) is 14.5. The fourth-order valence-electron chi connectivity index (χ4n) is 2.75. The van der Waals surface area contributed by atoms with Gasteiger partial charge in [-0.05, 0) is 49.2 Å². The van der Waals surface area contributed by atoms with Crippen molar-refractivity contribution in [1.29, 1.82) is 0 Å². The Morgan fingerprint density at radius 3 is 2.31 bits per heavy atom. The second-order valence-corrected chi connectivity index (χ2v) is 6.71. The van der Waals surface area contributed by atoms with Crippen molar-refractivity contribution in [3.05, 3.63) is 75.8 Å². The van der Waals surface area contributed by atoms with Crippen LogP contribution < -0.4 is 0 Å². The summed E-state index contributed by atoms with van der Waals surface area (Å²) in [4.78, 5) is 24.7. The van der Waals surface area contributed by atoms with Crippen LogP contribution >= 0.6 is 23.2 Å². The Balaban J connectivity index is 2.47. The minimum atomic E-state index is -0.941. The fraction of sp³-hybridized carbons (Fsp3) is 0.238. The van der Waals surface area contributed by atoms with E-state index in [1.54, 1.807) is 37.3 Å². The Kier molecular flexibility index (Phi) is 7.43. The van der Waals surface area contributed by atoms with E-state index in [1.807, 2.05) is 30.4 Å². The SMILES string of the molecule is CCOC(=O)C(C(C)=O)C(/C=C/c1cccc(Cl)c1)c1cccc(Cl)c1. The molecule has 0 aliphatic heterocycles. The molecular weight excluding hydrogens is 371 g/mol. The summed E-state index contributed by atoms with van der Waals surface area (Å²) in [5, 5.41) is 1.15. The van der Waals surface area contributed by atoms with Crippen molar-refractivity contribution in [1.82, 2.24) is 0 Å². The standard InChI is InChI=1S/C21H20Cl2O3/c1-3-26-21(25)20(14(2)24)19(16-7-5-9-18(23)13-16)11-10-15-6-4-8-17(22)12-15/h4-13,19-20H,3H2,1-2H3/b11-10+. The van der Waals surface area contributed by atoms with Crippen LogP contribution in [0.25, 0.3) is 6.08 Å². The molecule has 0 amide bonds. The molecule has 2 rings (SSSR count). The summed E-state index contributed by atoms with van der Waals surface area (Å²) in [5.74, 6) is -2.24. The van der Waals surface area contributed by atoms with Crippen LogP contribution in [0.3, 0.4) is 0 Å². The number of hydrogen-bond acceptors (Lipinski definition) is 3. The van der Waals surface area contributed by atoms with Gasteiger partial charge in [-0.1, -0.05) is 59.6 Å². The lowest BCUT2D eigenvalue weighted by atomic mass is 9.83. The maximum atomic E-state index is 12.4. The smallest absolute Gasteiger partial charge is 0.317 e. The second kappa shape index (κ2) is 9.56. The number of rotatable bonds is 7. The van der Waals surface area contributed by atoms with Crippen molar-refractivity contribution >= 4 is 41.0 Å². The van der Waals surface area contributed by atoms with Crippen molar-refractivity contribution in [2.45, 2.75) is 19.8 Å². The number of Topliss-reactive ketones (excluding diaryl/α,β-unsaturated/α-hetero) is 1. The molecule has 0 aliphatic rings. The molecule has 0 saturated heterocycles. The molecule has 5 heteroatoms. The topological polar surface area (TPSA) is 43.4 Å². The van der Waals surface area contributed by atoms with Crippen LogP contribution in [0.1, 0.15) is 30.9 Å². The number of esters is 1. The molecule has 0 bridgehead atoms. The van der Waals surface area contributed by atoms with Crippen LogP contribution in [-0.4, -0.2) is 18.4 Å². The first-order valence-corrected chi connectivity index (χ1v) is 9.04. The Morgan fingerprint density at radius 2 is 1.73 bits per heavy atom. The number of halogens is 2. The number of benzene rings is 2. The normalized spacial score (nSPS) is 13.4. The minimum absolute atomic E-state index is 0.211. The van der Waals surface area contributed by atoms with E-state index in [1.165, 1.54) is 6.92 Å². The summed E-state index contributed by atoms with van der Waals surface area (Å²) in [6.45, 7) is 3.32. The third-order valence-corrected chi connectivity index (χ3v) is 4.39. The Morgan fingerprint density at radius 1 is 1.08 bits per heavy atom. The monoisotopic (exact) mass is 390 g/mol. The van der Waals surface area contributed by atoms with E-state index in [4.69, 9.17) is 27.9 Å². The number of carbonyl (C=O) groups excluding carboxylic acids is 2. The molecule has 2 aromatic rings. The number of ketones is 1. The summed E-state index contributed by atoms with van der Waals surface area (Å²) in [5.41, 5.74) is 1.64. The van der Waals surface area contributed by atoms with E-state index in [-0.39, 0.29) is 12.4 Å². The van der Waals surface area contributed by atoms with Gasteiger partial charge >= 0.3 is 5.97 Å². The molecule has 3 nitrogen and oxygen atoms in total. The van der Waals surface area contributed by atoms with E-state index in [0.29, 0.717) is 10.0 Å². The van der Waals surface area contributed by atoms with E-state index in [2.05, 4.69) is 0 Å². The molecule has 0 aromatic heterocycles. The molecule has 0 fully saturated rings. The van der Waals surface area contributed by atoms with E-state index in [9.17, 15) is 9.59 Å². The highest BCUT2D eigenvalue weighted by molar-refractivity contribution is 6.31. The molecule has 26 heavy (non-hydrogen) atoms. The van der Waals surface area contributed by atoms with Gasteiger partial charge < -0.3 is 4.74 Å². The summed E-state index contributed by atoms with van der Waals surface area (Å²) < 4.78 is 5.12. The van der Waals surface area contributed by atoms with Crippen molar-refractivity contribution in [3.63, 3.8) is 0 Å². The maximum absolute atomic E-state index is 12.4. The van der Waals surface area contributed by atoms with Crippen molar-refractivity contribution in [2.24, 2.45) is 5.92 Å². The number of hydrogen-bond donors (Lipinski definition) is 0. The van der Waals surface area contributed by atoms with Gasteiger partial charge in [0.25, 0.3) is 0 Å². The molecule has 0 N–H and O–H groups in total. The number of ether oxygens (including phenoxy) is 1. The van der Waals surface area contributed by atoms with Crippen LogP contribution in [0.15, 0.2) is 54.6 Å². The van der Waals surface area contributed by atoms with Crippen molar-refractivity contribution in [3.8, 4) is 0 Å². The van der Waals surface area contributed by atoms with Gasteiger partial charge in [-0.25, -0.2) is 0 Å². The van der Waals surface area contributed by atoms with Gasteiger partial charge in [0, 0.05) is 16.0 Å². The molecule has 0 spiro atoms. The highest BCUT2D eigenvalue weighted by atomic mass is 35.5. The molecule has 0 radical (unpaired) electrons. The van der Waals surface area contributed by atoms with Crippen LogP contribution in [0.4, 0.5) is 0 Å². The zero-order chi connectivity index (χ0) is 19.1. The third-order valence-electron chi connectivity index (χ3n) is 3.92. The van der Waals surface area contributed by atoms with Gasteiger partial charge in [0.1, 0.15) is 11.7 Å². The first kappa shape index (κ1) is 20.2. The predicted molar refractivity (Wildman–Crippen MR) is 105 cm³/mol. The fourth-order valence-corrected chi connectivity index (χ4v) is 3.15. The summed E-state index contributed by atoms with van der Waals surface area (Å²) in [7, 11) is 0. The quantitative estimate of drug-likeness (QED) is 0.459. The summed E-state index contributed by atoms with van der Waals surface area (Å²) >= 11 is 12.1. The molecular formula is C21H20Cl2O3. The van der Waals surface area contributed by atoms with Crippen LogP contribution in [0, 0.1) is 5.92 Å². The number of carbonyl (C=O) groups is 2. The van der Waals surface area contributed by atoms with Gasteiger partial charge in [-0.15, -0.1) is 0 Å². The maximum Gasteiger partial charge on any atom is 0.317 e. The first-order chi connectivity index (χ1) is 12.4. The lowest BCUT2D eigenvalue weighted by Crippen LogP contribution is -2.29. The summed E-state index contributed by atoms with van der Waals surface area (Å²) in [6.07, 6.45) is 3.66. The lowest BCUT2D eigenvalue weighted by Gasteiger charge is -2.21. The lowest BCUT2D eigenvalue weighted by molar-refractivity contribution is -0.151. The third kappa shape index (κ3) is 5.45.